The van der Waals surface area contributed by atoms with E-state index >= 15 is 0 Å². The van der Waals surface area contributed by atoms with Crippen molar-refractivity contribution in [3.05, 3.63) is 46.0 Å². The van der Waals surface area contributed by atoms with Gasteiger partial charge in [-0.25, -0.2) is 4.98 Å². The number of ketones is 1. The molecule has 1 N–H and O–H groups in total. The number of alkyl halides is 3. The van der Waals surface area contributed by atoms with E-state index < -0.39 is 17.6 Å². The molecule has 8 heteroatoms. The minimum atomic E-state index is -4.52. The number of halogens is 3. The van der Waals surface area contributed by atoms with Gasteiger partial charge < -0.3 is 0 Å². The fourth-order valence-electron chi connectivity index (χ4n) is 2.78. The van der Waals surface area contributed by atoms with Crippen LogP contribution in [0.1, 0.15) is 51.6 Å². The first-order valence-corrected chi connectivity index (χ1v) is 8.38. The van der Waals surface area contributed by atoms with E-state index in [2.05, 4.69) is 10.3 Å². The summed E-state index contributed by atoms with van der Waals surface area (Å²) in [7, 11) is 0. The van der Waals surface area contributed by atoms with Gasteiger partial charge in [-0.15, -0.1) is 0 Å². The summed E-state index contributed by atoms with van der Waals surface area (Å²) in [6.45, 7) is 3.93. The lowest BCUT2D eigenvalue weighted by Crippen LogP contribution is -2.26. The third-order valence-corrected chi connectivity index (χ3v) is 4.96. The number of carbonyl (C=O) groups excluding carboxylic acids is 2. The summed E-state index contributed by atoms with van der Waals surface area (Å²) < 4.78 is 38.2. The molecule has 1 heterocycles. The van der Waals surface area contributed by atoms with E-state index in [0.717, 1.165) is 23.5 Å². The van der Waals surface area contributed by atoms with Gasteiger partial charge in [0.1, 0.15) is 0 Å². The lowest BCUT2D eigenvalue weighted by atomic mass is 9.78. The van der Waals surface area contributed by atoms with Crippen molar-refractivity contribution < 1.29 is 22.8 Å². The van der Waals surface area contributed by atoms with E-state index in [4.69, 9.17) is 0 Å². The predicted octanol–water partition coefficient (Wildman–Crippen LogP) is 4.57. The van der Waals surface area contributed by atoms with Crippen molar-refractivity contribution in [2.45, 2.75) is 32.9 Å². The average molecular weight is 368 g/mol. The number of Topliss-reactive ketones (excluding diaryl/α,β-unsaturated/α-hetero) is 1. The van der Waals surface area contributed by atoms with Crippen molar-refractivity contribution in [2.24, 2.45) is 5.41 Å². The summed E-state index contributed by atoms with van der Waals surface area (Å²) in [6.07, 6.45) is -3.50. The van der Waals surface area contributed by atoms with Gasteiger partial charge in [-0.05, 0) is 30.0 Å². The molecule has 0 fully saturated rings. The monoisotopic (exact) mass is 368 g/mol. The molecule has 0 saturated carbocycles. The van der Waals surface area contributed by atoms with Crippen LogP contribution in [-0.2, 0) is 12.6 Å². The number of thiazole rings is 1. The number of amides is 1. The Hall–Kier alpha value is -2.22. The first-order valence-electron chi connectivity index (χ1n) is 7.57. The van der Waals surface area contributed by atoms with Crippen molar-refractivity contribution >= 4 is 28.2 Å². The smallest absolute Gasteiger partial charge is 0.298 e. The van der Waals surface area contributed by atoms with Gasteiger partial charge >= 0.3 is 6.18 Å². The predicted molar refractivity (Wildman–Crippen MR) is 87.9 cm³/mol. The van der Waals surface area contributed by atoms with Gasteiger partial charge in [-0.1, -0.05) is 31.3 Å². The highest BCUT2D eigenvalue weighted by Gasteiger charge is 2.34. The first kappa shape index (κ1) is 17.6. The van der Waals surface area contributed by atoms with Gasteiger partial charge in [0.2, 0.25) is 0 Å². The number of fused-ring (bicyclic) bond motifs is 1. The van der Waals surface area contributed by atoms with E-state index in [1.54, 1.807) is 0 Å². The van der Waals surface area contributed by atoms with Crippen molar-refractivity contribution in [3.63, 3.8) is 0 Å². The van der Waals surface area contributed by atoms with Crippen LogP contribution in [0.2, 0.25) is 0 Å². The number of hydrogen-bond donors (Lipinski definition) is 1. The van der Waals surface area contributed by atoms with Crippen LogP contribution in [0.5, 0.6) is 0 Å². The van der Waals surface area contributed by atoms with Crippen LogP contribution < -0.4 is 5.32 Å². The van der Waals surface area contributed by atoms with Crippen molar-refractivity contribution in [3.8, 4) is 0 Å². The number of rotatable bonds is 2. The molecule has 1 amide bonds. The molecule has 0 saturated heterocycles. The summed E-state index contributed by atoms with van der Waals surface area (Å²) in [5.41, 5.74) is -0.573. The maximum atomic E-state index is 12.7. The standard InChI is InChI=1S/C17H15F3N2O2S/c1-16(2)7-11-13(12(23)8-16)25-15(21-11)22-14(24)9-4-3-5-10(6-9)17(18,19)20/h3-6H,7-8H2,1-2H3,(H,21,22,24). The highest BCUT2D eigenvalue weighted by Crippen LogP contribution is 2.38. The van der Waals surface area contributed by atoms with E-state index in [1.165, 1.54) is 12.1 Å². The number of carbonyl (C=O) groups is 2. The van der Waals surface area contributed by atoms with Crippen LogP contribution >= 0.6 is 11.3 Å². The Bertz CT molecular complexity index is 856. The summed E-state index contributed by atoms with van der Waals surface area (Å²) in [5, 5.41) is 2.71. The highest BCUT2D eigenvalue weighted by atomic mass is 32.1. The third-order valence-electron chi connectivity index (χ3n) is 3.91. The Morgan fingerprint density at radius 3 is 2.68 bits per heavy atom. The number of nitrogens with one attached hydrogen (secondary N) is 1. The Morgan fingerprint density at radius 2 is 2.00 bits per heavy atom. The molecular weight excluding hydrogens is 353 g/mol. The van der Waals surface area contributed by atoms with E-state index in [1.807, 2.05) is 13.8 Å². The van der Waals surface area contributed by atoms with E-state index in [9.17, 15) is 22.8 Å². The van der Waals surface area contributed by atoms with Gasteiger partial charge in [-0.2, -0.15) is 13.2 Å². The average Bonchev–Trinajstić information content (AvgIpc) is 2.87. The van der Waals surface area contributed by atoms with Gasteiger partial charge in [-0.3, -0.25) is 14.9 Å². The Labute approximate surface area is 146 Å². The molecule has 0 bridgehead atoms. The molecule has 0 atom stereocenters. The SMILES string of the molecule is CC1(C)CC(=O)c2sc(NC(=O)c3cccc(C(F)(F)F)c3)nc2C1. The number of anilines is 1. The Balaban J connectivity index is 1.82. The molecule has 1 aromatic heterocycles. The molecule has 25 heavy (non-hydrogen) atoms. The molecular formula is C17H15F3N2O2S. The number of nitrogens with zero attached hydrogens (tertiary/aromatic N) is 1. The van der Waals surface area contributed by atoms with Gasteiger partial charge in [0.05, 0.1) is 16.1 Å². The molecule has 1 aromatic carbocycles. The fourth-order valence-corrected chi connectivity index (χ4v) is 3.69. The summed E-state index contributed by atoms with van der Waals surface area (Å²) in [6, 6.07) is 4.17. The normalized spacial score (nSPS) is 16.4. The van der Waals surface area contributed by atoms with Gasteiger partial charge in [0.15, 0.2) is 10.9 Å². The number of hydrogen-bond acceptors (Lipinski definition) is 4. The lowest BCUT2D eigenvalue weighted by molar-refractivity contribution is -0.137. The molecule has 2 aromatic rings. The number of aromatic nitrogens is 1. The molecule has 4 nitrogen and oxygen atoms in total. The molecule has 0 radical (unpaired) electrons. The van der Waals surface area contributed by atoms with Crippen LogP contribution in [0.15, 0.2) is 24.3 Å². The van der Waals surface area contributed by atoms with Crippen LogP contribution in [-0.4, -0.2) is 16.7 Å². The van der Waals surface area contributed by atoms with Crippen LogP contribution in [0.4, 0.5) is 18.3 Å². The molecule has 132 valence electrons. The van der Waals surface area contributed by atoms with Crippen molar-refractivity contribution in [1.29, 1.82) is 0 Å². The molecule has 0 unspecified atom stereocenters. The second kappa shape index (κ2) is 5.94. The second-order valence-corrected chi connectivity index (χ2v) is 7.77. The van der Waals surface area contributed by atoms with Crippen LogP contribution in [0, 0.1) is 5.41 Å². The minimum absolute atomic E-state index is 0.0247. The van der Waals surface area contributed by atoms with Crippen molar-refractivity contribution in [2.75, 3.05) is 5.32 Å². The minimum Gasteiger partial charge on any atom is -0.298 e. The fraction of sp³-hybridized carbons (Fsp3) is 0.353. The molecule has 0 spiro atoms. The topological polar surface area (TPSA) is 59.1 Å². The maximum Gasteiger partial charge on any atom is 0.416 e. The van der Waals surface area contributed by atoms with Crippen LogP contribution in [0.25, 0.3) is 0 Å². The van der Waals surface area contributed by atoms with E-state index in [-0.39, 0.29) is 21.9 Å². The second-order valence-electron chi connectivity index (χ2n) is 6.77. The summed E-state index contributed by atoms with van der Waals surface area (Å²) >= 11 is 1.06. The Kier molecular flexibility index (Phi) is 4.18. The van der Waals surface area contributed by atoms with Gasteiger partial charge in [0, 0.05) is 12.0 Å². The first-order chi connectivity index (χ1) is 11.5. The summed E-state index contributed by atoms with van der Waals surface area (Å²) in [5.74, 6) is -0.716. The van der Waals surface area contributed by atoms with Crippen molar-refractivity contribution in [1.82, 2.24) is 4.98 Å². The Morgan fingerprint density at radius 1 is 1.28 bits per heavy atom. The summed E-state index contributed by atoms with van der Waals surface area (Å²) in [4.78, 5) is 29.2. The molecule has 0 aliphatic heterocycles. The lowest BCUT2D eigenvalue weighted by Gasteiger charge is -2.26. The molecule has 3 rings (SSSR count). The zero-order valence-corrected chi connectivity index (χ0v) is 14.3. The maximum absolute atomic E-state index is 12.7. The quantitative estimate of drug-likeness (QED) is 0.845. The van der Waals surface area contributed by atoms with E-state index in [0.29, 0.717) is 23.4 Å². The van der Waals surface area contributed by atoms with Gasteiger partial charge in [0.25, 0.3) is 5.91 Å². The zero-order chi connectivity index (χ0) is 18.4. The third kappa shape index (κ3) is 3.73. The zero-order valence-electron chi connectivity index (χ0n) is 13.5. The molecule has 1 aliphatic rings. The largest absolute Gasteiger partial charge is 0.416 e. The van der Waals surface area contributed by atoms with Crippen LogP contribution in [0.3, 0.4) is 0 Å². The molecule has 1 aliphatic carbocycles. The highest BCUT2D eigenvalue weighted by molar-refractivity contribution is 7.17. The number of benzene rings is 1.